The molecule has 0 saturated carbocycles. The summed E-state index contributed by atoms with van der Waals surface area (Å²) in [5, 5.41) is 2.73. The van der Waals surface area contributed by atoms with Crippen molar-refractivity contribution in [2.45, 2.75) is 44.6 Å². The number of urea groups is 1. The summed E-state index contributed by atoms with van der Waals surface area (Å²) in [6, 6.07) is 1.01. The molecule has 1 N–H and O–H groups in total. The fourth-order valence-corrected chi connectivity index (χ4v) is 4.44. The van der Waals surface area contributed by atoms with Crippen LogP contribution in [-0.2, 0) is 14.2 Å². The third-order valence-electron chi connectivity index (χ3n) is 6.00. The van der Waals surface area contributed by atoms with Crippen LogP contribution in [0.5, 0.6) is 5.88 Å². The van der Waals surface area contributed by atoms with Crippen LogP contribution in [-0.4, -0.2) is 83.3 Å². The van der Waals surface area contributed by atoms with Crippen molar-refractivity contribution in [1.29, 1.82) is 0 Å². The van der Waals surface area contributed by atoms with Crippen LogP contribution in [0.2, 0.25) is 0 Å². The SMILES string of the molecule is COC(=O)c1ncc2c(n1)N(C(=O)Nc1nccc(OC[C@@H]3COC(C)(C)O3)n1)C1CCCN2C1. The van der Waals surface area contributed by atoms with Crippen molar-refractivity contribution in [3.8, 4) is 5.88 Å². The van der Waals surface area contributed by atoms with Gasteiger partial charge in [-0.2, -0.15) is 4.98 Å². The van der Waals surface area contributed by atoms with Gasteiger partial charge in [-0.1, -0.05) is 0 Å². The van der Waals surface area contributed by atoms with Gasteiger partial charge in [0.2, 0.25) is 17.7 Å². The Morgan fingerprint density at radius 1 is 1.29 bits per heavy atom. The topological polar surface area (TPSA) is 141 Å². The minimum atomic E-state index is -0.674. The van der Waals surface area contributed by atoms with Crippen molar-refractivity contribution < 1.29 is 28.5 Å². The Hall–Kier alpha value is -3.58. The number of aromatic nitrogens is 4. The zero-order chi connectivity index (χ0) is 24.6. The molecule has 5 rings (SSSR count). The predicted molar refractivity (Wildman–Crippen MR) is 123 cm³/mol. The zero-order valence-corrected chi connectivity index (χ0v) is 19.8. The molecule has 0 aliphatic carbocycles. The predicted octanol–water partition coefficient (Wildman–Crippen LogP) is 1.60. The van der Waals surface area contributed by atoms with Crippen molar-refractivity contribution in [1.82, 2.24) is 19.9 Å². The van der Waals surface area contributed by atoms with E-state index < -0.39 is 17.8 Å². The van der Waals surface area contributed by atoms with Crippen LogP contribution in [0, 0.1) is 0 Å². The van der Waals surface area contributed by atoms with E-state index in [-0.39, 0.29) is 30.5 Å². The van der Waals surface area contributed by atoms with E-state index >= 15 is 0 Å². The Kier molecular flexibility index (Phi) is 6.11. The van der Waals surface area contributed by atoms with Gasteiger partial charge in [0.05, 0.1) is 31.6 Å². The van der Waals surface area contributed by atoms with Crippen LogP contribution in [0.25, 0.3) is 0 Å². The molecule has 2 amide bonds. The fraction of sp³-hybridized carbons (Fsp3) is 0.545. The van der Waals surface area contributed by atoms with Crippen molar-refractivity contribution in [2.75, 3.05) is 48.5 Å². The number of carbonyl (C=O) groups is 2. The molecule has 2 aromatic rings. The number of nitrogens with one attached hydrogen (secondary N) is 1. The number of esters is 1. The van der Waals surface area contributed by atoms with Crippen LogP contribution >= 0.6 is 0 Å². The summed E-state index contributed by atoms with van der Waals surface area (Å²) < 4.78 is 21.7. The van der Waals surface area contributed by atoms with Gasteiger partial charge in [-0.15, -0.1) is 0 Å². The number of ether oxygens (including phenoxy) is 4. The third-order valence-corrected chi connectivity index (χ3v) is 6.00. The number of anilines is 3. The molecule has 2 saturated heterocycles. The van der Waals surface area contributed by atoms with Crippen molar-refractivity contribution >= 4 is 29.5 Å². The highest BCUT2D eigenvalue weighted by atomic mass is 16.7. The van der Waals surface area contributed by atoms with Gasteiger partial charge in [0.15, 0.2) is 11.6 Å². The first-order chi connectivity index (χ1) is 16.8. The van der Waals surface area contributed by atoms with Gasteiger partial charge in [0.25, 0.3) is 0 Å². The Morgan fingerprint density at radius 3 is 2.91 bits per heavy atom. The number of nitrogens with zero attached hydrogens (tertiary/aromatic N) is 6. The highest BCUT2D eigenvalue weighted by Gasteiger charge is 2.39. The summed E-state index contributed by atoms with van der Waals surface area (Å²) in [4.78, 5) is 46.0. The molecule has 13 heteroatoms. The molecule has 0 radical (unpaired) electrons. The van der Waals surface area contributed by atoms with Gasteiger partial charge < -0.3 is 23.8 Å². The monoisotopic (exact) mass is 485 g/mol. The third kappa shape index (κ3) is 4.82. The molecule has 186 valence electrons. The summed E-state index contributed by atoms with van der Waals surface area (Å²) in [6.07, 6.45) is 4.54. The first-order valence-corrected chi connectivity index (χ1v) is 11.4. The molecule has 35 heavy (non-hydrogen) atoms. The summed E-state index contributed by atoms with van der Waals surface area (Å²) in [5.41, 5.74) is 0.684. The number of fused-ring (bicyclic) bond motifs is 4. The van der Waals surface area contributed by atoms with E-state index in [0.29, 0.717) is 30.5 Å². The number of hydrogen-bond acceptors (Lipinski definition) is 11. The molecule has 2 bridgehead atoms. The maximum absolute atomic E-state index is 13.4. The van der Waals surface area contributed by atoms with E-state index in [4.69, 9.17) is 18.9 Å². The highest BCUT2D eigenvalue weighted by molar-refractivity contribution is 6.03. The summed E-state index contributed by atoms with van der Waals surface area (Å²) >= 11 is 0. The van der Waals surface area contributed by atoms with E-state index in [1.807, 2.05) is 13.8 Å². The largest absolute Gasteiger partial charge is 0.475 e. The first-order valence-electron chi connectivity index (χ1n) is 11.4. The van der Waals surface area contributed by atoms with Crippen molar-refractivity contribution in [2.24, 2.45) is 0 Å². The quantitative estimate of drug-likeness (QED) is 0.617. The van der Waals surface area contributed by atoms with E-state index in [1.54, 1.807) is 17.2 Å². The Bertz CT molecular complexity index is 1130. The highest BCUT2D eigenvalue weighted by Crippen LogP contribution is 2.37. The Balaban J connectivity index is 1.33. The molecule has 2 fully saturated rings. The fourth-order valence-electron chi connectivity index (χ4n) is 4.44. The molecular formula is C22H27N7O6. The minimum absolute atomic E-state index is 0.0819. The second-order valence-corrected chi connectivity index (χ2v) is 8.92. The lowest BCUT2D eigenvalue weighted by molar-refractivity contribution is -0.141. The number of rotatable bonds is 5. The maximum atomic E-state index is 13.4. The standard InChI is InChI=1S/C22H27N7O6/c1-22(2)34-12-14(35-22)11-33-16-6-7-23-20(25-16)27-21(31)29-13-5-4-8-28(10-13)15-9-24-17(19(30)32-3)26-18(15)29/h6-7,9,13-14H,4-5,8,10-12H2,1-3H3,(H,23,25,27,31)/t13?,14-/m1/s1. The molecule has 3 aliphatic rings. The number of amides is 2. The molecule has 13 nitrogen and oxygen atoms in total. The number of methoxy groups -OCH3 is 1. The second-order valence-electron chi connectivity index (χ2n) is 8.92. The lowest BCUT2D eigenvalue weighted by Gasteiger charge is -2.45. The van der Waals surface area contributed by atoms with Crippen LogP contribution < -0.4 is 19.9 Å². The van der Waals surface area contributed by atoms with E-state index in [1.165, 1.54) is 13.3 Å². The van der Waals surface area contributed by atoms with Crippen LogP contribution in [0.1, 0.15) is 37.3 Å². The number of hydrogen-bond donors (Lipinski definition) is 1. The van der Waals surface area contributed by atoms with Gasteiger partial charge in [0, 0.05) is 25.4 Å². The molecule has 0 spiro atoms. The van der Waals surface area contributed by atoms with Gasteiger partial charge in [-0.3, -0.25) is 10.2 Å². The van der Waals surface area contributed by atoms with Crippen LogP contribution in [0.4, 0.5) is 22.2 Å². The average molecular weight is 486 g/mol. The molecule has 0 aromatic carbocycles. The molecule has 1 unspecified atom stereocenters. The van der Waals surface area contributed by atoms with E-state index in [0.717, 1.165) is 19.4 Å². The second kappa shape index (κ2) is 9.23. The lowest BCUT2D eigenvalue weighted by atomic mass is 10.0. The first kappa shape index (κ1) is 23.2. The van der Waals surface area contributed by atoms with Gasteiger partial charge in [-0.25, -0.2) is 24.5 Å². The summed E-state index contributed by atoms with van der Waals surface area (Å²) in [7, 11) is 1.26. The molecule has 2 atom stereocenters. The van der Waals surface area contributed by atoms with Gasteiger partial charge >= 0.3 is 12.0 Å². The smallest absolute Gasteiger partial charge is 0.376 e. The molecule has 3 aliphatic heterocycles. The van der Waals surface area contributed by atoms with Gasteiger partial charge in [0.1, 0.15) is 12.7 Å². The van der Waals surface area contributed by atoms with E-state index in [2.05, 4.69) is 30.2 Å². The Labute approximate surface area is 201 Å². The van der Waals surface area contributed by atoms with Gasteiger partial charge in [-0.05, 0) is 26.7 Å². The van der Waals surface area contributed by atoms with Crippen LogP contribution in [0.15, 0.2) is 18.5 Å². The average Bonchev–Trinajstić information content (AvgIpc) is 3.21. The lowest BCUT2D eigenvalue weighted by Crippen LogP contribution is -2.56. The molecular weight excluding hydrogens is 458 g/mol. The Morgan fingerprint density at radius 2 is 2.14 bits per heavy atom. The van der Waals surface area contributed by atoms with Crippen molar-refractivity contribution in [3.63, 3.8) is 0 Å². The summed E-state index contributed by atoms with van der Waals surface area (Å²) in [5.74, 6) is -0.706. The maximum Gasteiger partial charge on any atom is 0.376 e. The number of piperidine rings is 1. The van der Waals surface area contributed by atoms with E-state index in [9.17, 15) is 9.59 Å². The zero-order valence-electron chi connectivity index (χ0n) is 19.8. The normalized spacial score (nSPS) is 22.4. The van der Waals surface area contributed by atoms with Crippen molar-refractivity contribution in [3.05, 3.63) is 24.3 Å². The number of carbonyl (C=O) groups excluding carboxylic acids is 2. The molecule has 5 heterocycles. The minimum Gasteiger partial charge on any atom is -0.475 e. The molecule has 2 aromatic heterocycles. The van der Waals surface area contributed by atoms with Crippen LogP contribution in [0.3, 0.4) is 0 Å². The summed E-state index contributed by atoms with van der Waals surface area (Å²) in [6.45, 7) is 5.83.